The summed E-state index contributed by atoms with van der Waals surface area (Å²) >= 11 is 0. The van der Waals surface area contributed by atoms with Crippen molar-refractivity contribution in [3.05, 3.63) is 35.4 Å². The summed E-state index contributed by atoms with van der Waals surface area (Å²) in [5.41, 5.74) is -1.82. The topological polar surface area (TPSA) is 41.9 Å². The Morgan fingerprint density at radius 2 is 2.50 bits per heavy atom. The summed E-state index contributed by atoms with van der Waals surface area (Å²) in [6.07, 6.45) is -4.90. The smallest absolute Gasteiger partial charge is 0.165 e. The number of hydrogen-bond donors (Lipinski definition) is 1. The lowest BCUT2D eigenvalue weighted by Gasteiger charge is -2.56. The van der Waals surface area contributed by atoms with E-state index in [1.54, 1.807) is 0 Å². The minimum atomic E-state index is -2.91. The Labute approximate surface area is 145 Å². The molecule has 0 saturated carbocycles. The molecule has 116 valence electrons. The van der Waals surface area contributed by atoms with Crippen molar-refractivity contribution in [2.75, 3.05) is 20.6 Å². The molecule has 1 saturated heterocycles. The summed E-state index contributed by atoms with van der Waals surface area (Å²) in [6, 6.07) is -0.335. The third-order valence-corrected chi connectivity index (χ3v) is 5.04. The highest BCUT2D eigenvalue weighted by molar-refractivity contribution is 5.62. The predicted molar refractivity (Wildman–Crippen MR) is 82.5 cm³/mol. The first-order valence-corrected chi connectivity index (χ1v) is 7.09. The highest BCUT2D eigenvalue weighted by Gasteiger charge is 2.64. The largest absolute Gasteiger partial charge is 0.493 e. The van der Waals surface area contributed by atoms with Crippen LogP contribution in [0.2, 0.25) is 0 Å². The molecule has 2 aliphatic carbocycles. The lowest BCUT2D eigenvalue weighted by Crippen LogP contribution is -2.64. The Kier molecular flexibility index (Phi) is 1.14. The monoisotopic (exact) mass is 310 g/mol. The van der Waals surface area contributed by atoms with Gasteiger partial charge in [0.2, 0.25) is 0 Å². The number of likely N-dealkylation sites (N-methyl/N-ethyl adjacent to an activating group) is 1. The molecule has 1 aromatic rings. The molecule has 4 aliphatic rings. The second kappa shape index (κ2) is 4.06. The Morgan fingerprint density at radius 1 is 1.55 bits per heavy atom. The first kappa shape index (κ1) is 6.17. The highest BCUT2D eigenvalue weighted by Crippen LogP contribution is 2.62. The molecule has 2 heterocycles. The van der Waals surface area contributed by atoms with E-state index in [0.717, 1.165) is 18.2 Å². The molecule has 2 bridgehead atoms. The van der Waals surface area contributed by atoms with Crippen LogP contribution in [0.4, 0.5) is 0 Å². The minimum Gasteiger partial charge on any atom is -0.493 e. The van der Waals surface area contributed by atoms with Gasteiger partial charge in [-0.25, -0.2) is 0 Å². The molecule has 1 fully saturated rings. The molecule has 0 amide bonds. The van der Waals surface area contributed by atoms with Crippen LogP contribution in [0.3, 0.4) is 0 Å². The Morgan fingerprint density at radius 3 is 3.36 bits per heavy atom. The Bertz CT molecular complexity index is 1080. The number of methoxy groups -OCH3 is 1. The molecule has 22 heavy (non-hydrogen) atoms. The molecule has 2 aliphatic heterocycles. The van der Waals surface area contributed by atoms with Crippen LogP contribution in [0.25, 0.3) is 0 Å². The molecule has 1 spiro atoms. The summed E-state index contributed by atoms with van der Waals surface area (Å²) in [7, 11) is -2.88. The van der Waals surface area contributed by atoms with Gasteiger partial charge in [0, 0.05) is 32.5 Å². The van der Waals surface area contributed by atoms with Gasteiger partial charge in [-0.1, -0.05) is 18.2 Å². The molecule has 4 nitrogen and oxygen atoms in total. The fourth-order valence-corrected chi connectivity index (χ4v) is 4.14. The van der Waals surface area contributed by atoms with Crippen LogP contribution < -0.4 is 9.47 Å². The molecule has 1 N–H and O–H groups in total. The average Bonchev–Trinajstić information content (AvgIpc) is 2.99. The van der Waals surface area contributed by atoms with Crippen molar-refractivity contribution in [2.45, 2.75) is 36.4 Å². The first-order chi connectivity index (χ1) is 14.8. The average molecular weight is 310 g/mol. The maximum absolute atomic E-state index is 10.9. The number of piperidine rings is 1. The molecular formula is C18H21NO3. The highest BCUT2D eigenvalue weighted by atomic mass is 16.5. The SMILES string of the molecule is [2H]C([2H])([2H])Oc1ccc2c3c1OC1C([2H])(O)C=C[C@]4([2H])[C@@]31CCN(C([2H])([2H])[2H])[C@]4([2H])C2([2H])[2H]. The van der Waals surface area contributed by atoms with Gasteiger partial charge in [-0.3, -0.25) is 0 Å². The Hall–Kier alpha value is -1.52. The summed E-state index contributed by atoms with van der Waals surface area (Å²) in [5, 5.41) is 10.9. The van der Waals surface area contributed by atoms with E-state index < -0.39 is 49.9 Å². The summed E-state index contributed by atoms with van der Waals surface area (Å²) in [5.74, 6) is -2.81. The van der Waals surface area contributed by atoms with Gasteiger partial charge in [0.25, 0.3) is 0 Å². The van der Waals surface area contributed by atoms with Crippen LogP contribution in [0.15, 0.2) is 24.3 Å². The van der Waals surface area contributed by atoms with Crippen molar-refractivity contribution in [1.29, 1.82) is 0 Å². The molecule has 5 atom stereocenters. The lowest BCUT2D eigenvalue weighted by molar-refractivity contribution is -0.0453. The van der Waals surface area contributed by atoms with E-state index in [1.807, 2.05) is 0 Å². The first-order valence-electron chi connectivity index (χ1n) is 12.6. The van der Waals surface area contributed by atoms with Gasteiger partial charge >= 0.3 is 0 Å². The van der Waals surface area contributed by atoms with E-state index in [1.165, 1.54) is 6.07 Å². The third kappa shape index (κ3) is 1.28. The van der Waals surface area contributed by atoms with E-state index in [9.17, 15) is 7.85 Å². The molecule has 5 rings (SSSR count). The van der Waals surface area contributed by atoms with Crippen molar-refractivity contribution >= 4 is 0 Å². The zero-order valence-electron chi connectivity index (χ0n) is 22.5. The minimum absolute atomic E-state index is 0.0392. The van der Waals surface area contributed by atoms with Crippen LogP contribution in [0.1, 0.15) is 32.6 Å². The molecule has 0 radical (unpaired) electrons. The number of hydrogen-bond acceptors (Lipinski definition) is 4. The zero-order valence-corrected chi connectivity index (χ0v) is 11.5. The number of nitrogens with zero attached hydrogens (tertiary/aromatic N) is 1. The number of benzene rings is 1. The fraction of sp³-hybridized carbons (Fsp3) is 0.556. The van der Waals surface area contributed by atoms with Gasteiger partial charge in [0.1, 0.15) is 12.2 Å². The summed E-state index contributed by atoms with van der Waals surface area (Å²) in [4.78, 5) is 0.682. The molecule has 1 aromatic carbocycles. The second-order valence-corrected chi connectivity index (χ2v) is 5.93. The predicted octanol–water partition coefficient (Wildman–Crippen LogP) is 1.50. The van der Waals surface area contributed by atoms with Gasteiger partial charge in [0.05, 0.1) is 12.5 Å². The third-order valence-electron chi connectivity index (χ3n) is 5.04. The van der Waals surface area contributed by atoms with Crippen molar-refractivity contribution in [1.82, 2.24) is 4.90 Å². The Balaban J connectivity index is 1.91. The van der Waals surface area contributed by atoms with Gasteiger partial charge < -0.3 is 19.5 Å². The van der Waals surface area contributed by atoms with Crippen LogP contribution in [-0.4, -0.2) is 48.8 Å². The number of likely N-dealkylation sites (tertiary alicyclic amines) is 1. The quantitative estimate of drug-likeness (QED) is 0.798. The van der Waals surface area contributed by atoms with E-state index in [0.29, 0.717) is 4.90 Å². The van der Waals surface area contributed by atoms with Crippen LogP contribution in [-0.2, 0) is 11.8 Å². The number of aliphatic hydroxyl groups is 1. The molecular weight excluding hydrogens is 278 g/mol. The second-order valence-electron chi connectivity index (χ2n) is 5.93. The van der Waals surface area contributed by atoms with Crippen molar-refractivity contribution in [3.63, 3.8) is 0 Å². The lowest BCUT2D eigenvalue weighted by atomic mass is 9.53. The standard InChI is InChI=1S/C18H21NO3/c1-19-8-7-18-11-4-5-13(20)17(18)22-16-14(21-2)6-3-10(15(16)18)9-12(11)19/h3-6,11-13,17,20H,7-9H2,1-2H3/t11-,12+,13?,17?,18-/m0/s1/i1D3,2D3,9D2,11D,12D,13D. The van der Waals surface area contributed by atoms with E-state index in [-0.39, 0.29) is 35.6 Å². The van der Waals surface area contributed by atoms with Gasteiger partial charge in [-0.05, 0) is 37.9 Å². The van der Waals surface area contributed by atoms with Gasteiger partial charge in [-0.15, -0.1) is 0 Å². The summed E-state index contributed by atoms with van der Waals surface area (Å²) < 4.78 is 102. The number of ether oxygens (including phenoxy) is 2. The molecule has 0 aromatic heterocycles. The maximum Gasteiger partial charge on any atom is 0.165 e. The van der Waals surface area contributed by atoms with E-state index in [4.69, 9.17) is 21.8 Å². The van der Waals surface area contributed by atoms with Crippen LogP contribution in [0.5, 0.6) is 11.5 Å². The van der Waals surface area contributed by atoms with Gasteiger partial charge in [-0.2, -0.15) is 0 Å². The maximum atomic E-state index is 10.9. The van der Waals surface area contributed by atoms with E-state index in [2.05, 4.69) is 0 Å². The number of rotatable bonds is 1. The van der Waals surface area contributed by atoms with Crippen LogP contribution >= 0.6 is 0 Å². The zero-order chi connectivity index (χ0) is 24.6. The van der Waals surface area contributed by atoms with E-state index >= 15 is 0 Å². The van der Waals surface area contributed by atoms with Crippen molar-refractivity contribution < 1.29 is 29.7 Å². The normalized spacial score (nSPS) is 61.9. The summed E-state index contributed by atoms with van der Waals surface area (Å²) in [6.45, 7) is -3.25. The van der Waals surface area contributed by atoms with Gasteiger partial charge in [0.15, 0.2) is 11.5 Å². The fourth-order valence-electron chi connectivity index (χ4n) is 4.14. The van der Waals surface area contributed by atoms with Crippen molar-refractivity contribution in [3.8, 4) is 11.5 Å². The molecule has 4 heteroatoms. The molecule has 2 unspecified atom stereocenters. The van der Waals surface area contributed by atoms with Crippen molar-refractivity contribution in [2.24, 2.45) is 5.89 Å². The van der Waals surface area contributed by atoms with Crippen LogP contribution in [0, 0.1) is 5.89 Å².